The number of carbonyl (C=O) groups excluding carboxylic acids is 1. The predicted molar refractivity (Wildman–Crippen MR) is 87.9 cm³/mol. The van der Waals surface area contributed by atoms with Gasteiger partial charge in [0.1, 0.15) is 5.75 Å². The molecule has 1 aromatic carbocycles. The van der Waals surface area contributed by atoms with Crippen molar-refractivity contribution in [3.63, 3.8) is 0 Å². The van der Waals surface area contributed by atoms with Gasteiger partial charge in [-0.3, -0.25) is 4.90 Å². The zero-order valence-corrected chi connectivity index (χ0v) is 13.0. The average molecular weight is 304 g/mol. The van der Waals surface area contributed by atoms with Gasteiger partial charge in [0, 0.05) is 45.5 Å². The summed E-state index contributed by atoms with van der Waals surface area (Å²) in [5, 5.41) is 8.86. The summed E-state index contributed by atoms with van der Waals surface area (Å²) in [5.41, 5.74) is 0.973. The molecular formula is C16H24N4O2. The van der Waals surface area contributed by atoms with Crippen LogP contribution in [0.5, 0.6) is 5.75 Å². The molecule has 2 amide bonds. The Hall–Kier alpha value is -2.05. The third kappa shape index (κ3) is 5.75. The van der Waals surface area contributed by atoms with Crippen LogP contribution in [0.25, 0.3) is 6.08 Å². The van der Waals surface area contributed by atoms with Gasteiger partial charge in [-0.1, -0.05) is 12.1 Å². The van der Waals surface area contributed by atoms with Crippen LogP contribution in [0, 0.1) is 0 Å². The van der Waals surface area contributed by atoms with Crippen molar-refractivity contribution in [1.82, 2.24) is 20.9 Å². The highest BCUT2D eigenvalue weighted by molar-refractivity contribution is 5.75. The highest BCUT2D eigenvalue weighted by atomic mass is 16.5. The molecule has 0 spiro atoms. The van der Waals surface area contributed by atoms with Gasteiger partial charge in [-0.15, -0.1) is 0 Å². The molecule has 0 saturated carbocycles. The van der Waals surface area contributed by atoms with Crippen molar-refractivity contribution >= 4 is 12.1 Å². The number of hydrogen-bond acceptors (Lipinski definition) is 4. The second-order valence-corrected chi connectivity index (χ2v) is 5.10. The summed E-state index contributed by atoms with van der Waals surface area (Å²) in [6, 6.07) is 7.46. The van der Waals surface area contributed by atoms with Crippen LogP contribution in [-0.4, -0.2) is 57.3 Å². The largest absolute Gasteiger partial charge is 0.497 e. The minimum atomic E-state index is -0.186. The molecule has 0 bridgehead atoms. The number of hydrogen-bond donors (Lipinski definition) is 3. The lowest BCUT2D eigenvalue weighted by Crippen LogP contribution is -2.46. The molecule has 22 heavy (non-hydrogen) atoms. The first-order valence-electron chi connectivity index (χ1n) is 7.56. The SMILES string of the molecule is COc1cccc(/C=C/NC(=O)NCCN2CCNCC2)c1. The van der Waals surface area contributed by atoms with Gasteiger partial charge in [0.15, 0.2) is 0 Å². The molecule has 6 nitrogen and oxygen atoms in total. The van der Waals surface area contributed by atoms with Crippen LogP contribution in [0.2, 0.25) is 0 Å². The number of carbonyl (C=O) groups is 1. The van der Waals surface area contributed by atoms with Crippen LogP contribution in [0.15, 0.2) is 30.5 Å². The standard InChI is InChI=1S/C16H24N4O2/c1-22-15-4-2-3-14(13-15)5-6-18-16(21)19-9-12-20-10-7-17-8-11-20/h2-6,13,17H,7-12H2,1H3,(H2,18,19,21)/b6-5+. The Morgan fingerprint density at radius 1 is 1.41 bits per heavy atom. The summed E-state index contributed by atoms with van der Waals surface area (Å²) in [7, 11) is 1.63. The molecule has 1 aromatic rings. The molecule has 1 aliphatic heterocycles. The predicted octanol–water partition coefficient (Wildman–Crippen LogP) is 0.870. The average Bonchev–Trinajstić information content (AvgIpc) is 2.56. The molecule has 1 saturated heterocycles. The first kappa shape index (κ1) is 16.3. The van der Waals surface area contributed by atoms with E-state index < -0.39 is 0 Å². The molecule has 120 valence electrons. The van der Waals surface area contributed by atoms with E-state index in [0.29, 0.717) is 6.54 Å². The topological polar surface area (TPSA) is 65.6 Å². The van der Waals surface area contributed by atoms with E-state index in [-0.39, 0.29) is 6.03 Å². The van der Waals surface area contributed by atoms with E-state index in [2.05, 4.69) is 20.9 Å². The quantitative estimate of drug-likeness (QED) is 0.730. The van der Waals surface area contributed by atoms with Crippen LogP contribution < -0.4 is 20.7 Å². The van der Waals surface area contributed by atoms with Crippen molar-refractivity contribution in [2.24, 2.45) is 0 Å². The van der Waals surface area contributed by atoms with Crippen molar-refractivity contribution in [2.45, 2.75) is 0 Å². The molecule has 2 rings (SSSR count). The van der Waals surface area contributed by atoms with Crippen molar-refractivity contribution in [1.29, 1.82) is 0 Å². The molecule has 0 atom stereocenters. The number of ether oxygens (including phenoxy) is 1. The zero-order valence-electron chi connectivity index (χ0n) is 13.0. The number of nitrogens with one attached hydrogen (secondary N) is 3. The van der Waals surface area contributed by atoms with Crippen LogP contribution in [-0.2, 0) is 0 Å². The van der Waals surface area contributed by atoms with Crippen LogP contribution >= 0.6 is 0 Å². The summed E-state index contributed by atoms with van der Waals surface area (Å²) in [4.78, 5) is 14.0. The van der Waals surface area contributed by atoms with E-state index in [9.17, 15) is 4.79 Å². The molecular weight excluding hydrogens is 280 g/mol. The Morgan fingerprint density at radius 2 is 2.23 bits per heavy atom. The van der Waals surface area contributed by atoms with E-state index in [4.69, 9.17) is 4.74 Å². The molecule has 6 heteroatoms. The van der Waals surface area contributed by atoms with E-state index in [1.807, 2.05) is 30.3 Å². The molecule has 1 aliphatic rings. The van der Waals surface area contributed by atoms with Gasteiger partial charge in [-0.25, -0.2) is 4.79 Å². The van der Waals surface area contributed by atoms with Crippen molar-refractivity contribution in [3.8, 4) is 5.75 Å². The molecule has 1 heterocycles. The van der Waals surface area contributed by atoms with E-state index >= 15 is 0 Å². The van der Waals surface area contributed by atoms with Crippen LogP contribution in [0.4, 0.5) is 4.79 Å². The molecule has 1 fully saturated rings. The lowest BCUT2D eigenvalue weighted by molar-refractivity contribution is 0.229. The second kappa shape index (κ2) is 9.07. The smallest absolute Gasteiger partial charge is 0.318 e. The molecule has 0 aliphatic carbocycles. The van der Waals surface area contributed by atoms with Gasteiger partial charge in [0.2, 0.25) is 0 Å². The van der Waals surface area contributed by atoms with Crippen molar-refractivity contribution in [2.75, 3.05) is 46.4 Å². The highest BCUT2D eigenvalue weighted by Crippen LogP contribution is 2.13. The maximum atomic E-state index is 11.7. The van der Waals surface area contributed by atoms with Crippen LogP contribution in [0.3, 0.4) is 0 Å². The third-order valence-electron chi connectivity index (χ3n) is 3.51. The maximum Gasteiger partial charge on any atom is 0.318 e. The first-order valence-corrected chi connectivity index (χ1v) is 7.56. The lowest BCUT2D eigenvalue weighted by Gasteiger charge is -2.26. The van der Waals surface area contributed by atoms with Crippen molar-refractivity contribution in [3.05, 3.63) is 36.0 Å². The van der Waals surface area contributed by atoms with Gasteiger partial charge < -0.3 is 20.7 Å². The van der Waals surface area contributed by atoms with Crippen LogP contribution in [0.1, 0.15) is 5.56 Å². The van der Waals surface area contributed by atoms with Crippen molar-refractivity contribution < 1.29 is 9.53 Å². The normalized spacial score (nSPS) is 15.7. The number of methoxy groups -OCH3 is 1. The summed E-state index contributed by atoms with van der Waals surface area (Å²) >= 11 is 0. The third-order valence-corrected chi connectivity index (χ3v) is 3.51. The fourth-order valence-electron chi connectivity index (χ4n) is 2.27. The van der Waals surface area contributed by atoms with E-state index in [1.165, 1.54) is 0 Å². The number of nitrogens with zero attached hydrogens (tertiary/aromatic N) is 1. The number of piperazine rings is 1. The number of rotatable bonds is 6. The first-order chi connectivity index (χ1) is 10.8. The zero-order chi connectivity index (χ0) is 15.6. The Kier molecular flexibility index (Phi) is 6.73. The summed E-state index contributed by atoms with van der Waals surface area (Å²) in [5.74, 6) is 0.794. The molecule has 0 radical (unpaired) electrons. The van der Waals surface area contributed by atoms with Gasteiger partial charge in [-0.05, 0) is 23.8 Å². The van der Waals surface area contributed by atoms with E-state index in [1.54, 1.807) is 13.3 Å². The molecule has 0 unspecified atom stereocenters. The van der Waals surface area contributed by atoms with Gasteiger partial charge >= 0.3 is 6.03 Å². The monoisotopic (exact) mass is 304 g/mol. The summed E-state index contributed by atoms with van der Waals surface area (Å²) in [6.07, 6.45) is 3.47. The number of benzene rings is 1. The van der Waals surface area contributed by atoms with Gasteiger partial charge in [0.25, 0.3) is 0 Å². The fraction of sp³-hybridized carbons (Fsp3) is 0.438. The summed E-state index contributed by atoms with van der Waals surface area (Å²) in [6.45, 7) is 5.66. The molecule has 3 N–H and O–H groups in total. The number of urea groups is 1. The Labute approximate surface area is 131 Å². The number of amides is 2. The fourth-order valence-corrected chi connectivity index (χ4v) is 2.27. The Bertz CT molecular complexity index is 499. The Morgan fingerprint density at radius 3 is 3.00 bits per heavy atom. The highest BCUT2D eigenvalue weighted by Gasteiger charge is 2.08. The second-order valence-electron chi connectivity index (χ2n) is 5.10. The maximum absolute atomic E-state index is 11.7. The summed E-state index contributed by atoms with van der Waals surface area (Å²) < 4.78 is 5.15. The lowest BCUT2D eigenvalue weighted by atomic mass is 10.2. The van der Waals surface area contributed by atoms with Gasteiger partial charge in [-0.2, -0.15) is 0 Å². The van der Waals surface area contributed by atoms with Gasteiger partial charge in [0.05, 0.1) is 7.11 Å². The minimum absolute atomic E-state index is 0.186. The Balaban J connectivity index is 1.65. The van der Waals surface area contributed by atoms with E-state index in [0.717, 1.165) is 44.0 Å². The minimum Gasteiger partial charge on any atom is -0.497 e. The molecule has 0 aromatic heterocycles.